The molecule has 0 aromatic heterocycles. The van der Waals surface area contributed by atoms with E-state index in [4.69, 9.17) is 16.3 Å². The van der Waals surface area contributed by atoms with E-state index < -0.39 is 0 Å². The lowest BCUT2D eigenvalue weighted by molar-refractivity contribution is 0.413. The van der Waals surface area contributed by atoms with Gasteiger partial charge in [-0.1, -0.05) is 11.6 Å². The van der Waals surface area contributed by atoms with Crippen LogP contribution in [0, 0.1) is 5.82 Å². The highest BCUT2D eigenvalue weighted by Gasteiger charge is 2.12. The minimum Gasteiger partial charge on any atom is -0.457 e. The van der Waals surface area contributed by atoms with Gasteiger partial charge in [-0.3, -0.25) is 0 Å². The highest BCUT2D eigenvalue weighted by Crippen LogP contribution is 2.27. The molecule has 0 atom stereocenters. The van der Waals surface area contributed by atoms with Gasteiger partial charge in [0, 0.05) is 22.7 Å². The molecule has 0 saturated heterocycles. The minimum absolute atomic E-state index is 0.0517. The molecule has 0 heterocycles. The van der Waals surface area contributed by atoms with Crippen LogP contribution in [-0.4, -0.2) is 5.54 Å². The molecule has 0 radical (unpaired) electrons. The maximum Gasteiger partial charge on any atom is 0.132 e. The molecule has 0 amide bonds. The monoisotopic (exact) mass is 307 g/mol. The number of halogens is 2. The molecule has 1 N–H and O–H groups in total. The Hall–Kier alpha value is -1.58. The Morgan fingerprint density at radius 3 is 2.38 bits per heavy atom. The van der Waals surface area contributed by atoms with Crippen molar-refractivity contribution in [1.29, 1.82) is 0 Å². The lowest BCUT2D eigenvalue weighted by atomic mass is 10.1. The van der Waals surface area contributed by atoms with E-state index in [9.17, 15) is 4.39 Å². The smallest absolute Gasteiger partial charge is 0.132 e. The lowest BCUT2D eigenvalue weighted by Gasteiger charge is -2.21. The second-order valence-electron chi connectivity index (χ2n) is 5.91. The molecule has 2 aromatic carbocycles. The molecule has 0 aliphatic heterocycles. The predicted octanol–water partition coefficient (Wildman–Crippen LogP) is 5.16. The molecule has 0 unspecified atom stereocenters. The van der Waals surface area contributed by atoms with Gasteiger partial charge in [-0.25, -0.2) is 4.39 Å². The number of hydrogen-bond acceptors (Lipinski definition) is 2. The van der Waals surface area contributed by atoms with Crippen molar-refractivity contribution in [2.75, 3.05) is 0 Å². The molecule has 0 aliphatic rings. The first-order valence-corrected chi connectivity index (χ1v) is 7.18. The van der Waals surface area contributed by atoms with Crippen molar-refractivity contribution in [1.82, 2.24) is 5.32 Å². The summed E-state index contributed by atoms with van der Waals surface area (Å²) in [6.45, 7) is 6.72. The molecule has 21 heavy (non-hydrogen) atoms. The van der Waals surface area contributed by atoms with Gasteiger partial charge in [0.15, 0.2) is 0 Å². The van der Waals surface area contributed by atoms with Gasteiger partial charge in [0.1, 0.15) is 17.3 Å². The van der Waals surface area contributed by atoms with Crippen LogP contribution in [0.15, 0.2) is 42.5 Å². The third-order valence-electron chi connectivity index (χ3n) is 2.87. The summed E-state index contributed by atoms with van der Waals surface area (Å²) in [7, 11) is 0. The first-order valence-electron chi connectivity index (χ1n) is 6.80. The van der Waals surface area contributed by atoms with E-state index in [1.54, 1.807) is 30.3 Å². The summed E-state index contributed by atoms with van der Waals surface area (Å²) in [5.74, 6) is 1.03. The van der Waals surface area contributed by atoms with Crippen molar-refractivity contribution < 1.29 is 9.13 Å². The first-order chi connectivity index (χ1) is 9.83. The van der Waals surface area contributed by atoms with Crippen LogP contribution in [0.1, 0.15) is 26.3 Å². The second-order valence-corrected chi connectivity index (χ2v) is 6.35. The van der Waals surface area contributed by atoms with E-state index in [2.05, 4.69) is 26.1 Å². The van der Waals surface area contributed by atoms with Crippen molar-refractivity contribution in [2.24, 2.45) is 0 Å². The Kier molecular flexibility index (Phi) is 4.86. The van der Waals surface area contributed by atoms with E-state index in [0.29, 0.717) is 23.1 Å². The summed E-state index contributed by atoms with van der Waals surface area (Å²) < 4.78 is 19.3. The number of ether oxygens (including phenoxy) is 1. The van der Waals surface area contributed by atoms with Gasteiger partial charge in [0.05, 0.1) is 0 Å². The van der Waals surface area contributed by atoms with Crippen molar-refractivity contribution in [2.45, 2.75) is 32.9 Å². The Morgan fingerprint density at radius 1 is 1.10 bits per heavy atom. The van der Waals surface area contributed by atoms with Crippen molar-refractivity contribution >= 4 is 11.6 Å². The van der Waals surface area contributed by atoms with Crippen LogP contribution in [-0.2, 0) is 6.54 Å². The molecule has 2 rings (SSSR count). The van der Waals surface area contributed by atoms with Gasteiger partial charge in [0.2, 0.25) is 0 Å². The molecule has 0 spiro atoms. The zero-order valence-electron chi connectivity index (χ0n) is 12.4. The molecule has 0 fully saturated rings. The quantitative estimate of drug-likeness (QED) is 0.842. The zero-order chi connectivity index (χ0) is 15.5. The lowest BCUT2D eigenvalue weighted by Crippen LogP contribution is -2.35. The second kappa shape index (κ2) is 6.46. The fourth-order valence-corrected chi connectivity index (χ4v) is 1.90. The average molecular weight is 308 g/mol. The van der Waals surface area contributed by atoms with Gasteiger partial charge in [-0.15, -0.1) is 0 Å². The topological polar surface area (TPSA) is 21.3 Å². The summed E-state index contributed by atoms with van der Waals surface area (Å²) in [5.41, 5.74) is 0.726. The molecular formula is C17H19ClFNO. The average Bonchev–Trinajstić information content (AvgIpc) is 2.40. The van der Waals surface area contributed by atoms with E-state index in [1.165, 1.54) is 12.1 Å². The first kappa shape index (κ1) is 15.8. The number of nitrogens with one attached hydrogen (secondary N) is 1. The molecule has 112 valence electrons. The summed E-state index contributed by atoms with van der Waals surface area (Å²) in [5, 5.41) is 3.98. The van der Waals surface area contributed by atoms with Crippen molar-refractivity contribution in [3.8, 4) is 11.5 Å². The third kappa shape index (κ3) is 5.03. The van der Waals surface area contributed by atoms with Gasteiger partial charge < -0.3 is 10.1 Å². The molecule has 2 nitrogen and oxygen atoms in total. The van der Waals surface area contributed by atoms with Gasteiger partial charge >= 0.3 is 0 Å². The molecule has 2 aromatic rings. The van der Waals surface area contributed by atoms with Crippen LogP contribution >= 0.6 is 11.6 Å². The summed E-state index contributed by atoms with van der Waals surface area (Å²) >= 11 is 5.85. The van der Waals surface area contributed by atoms with Crippen LogP contribution in [0.3, 0.4) is 0 Å². The van der Waals surface area contributed by atoms with E-state index in [1.807, 2.05) is 0 Å². The Morgan fingerprint density at radius 2 is 1.76 bits per heavy atom. The maximum absolute atomic E-state index is 13.5. The summed E-state index contributed by atoms with van der Waals surface area (Å²) in [6, 6.07) is 11.6. The Balaban J connectivity index is 2.20. The van der Waals surface area contributed by atoms with E-state index in [0.717, 1.165) is 5.56 Å². The molecule has 0 bridgehead atoms. The predicted molar refractivity (Wildman–Crippen MR) is 84.5 cm³/mol. The van der Waals surface area contributed by atoms with Gasteiger partial charge in [0.25, 0.3) is 0 Å². The van der Waals surface area contributed by atoms with Crippen molar-refractivity contribution in [3.05, 3.63) is 58.9 Å². The van der Waals surface area contributed by atoms with Crippen LogP contribution in [0.25, 0.3) is 0 Å². The molecule has 4 heteroatoms. The van der Waals surface area contributed by atoms with E-state index in [-0.39, 0.29) is 11.4 Å². The van der Waals surface area contributed by atoms with E-state index >= 15 is 0 Å². The fraction of sp³-hybridized carbons (Fsp3) is 0.294. The fourth-order valence-electron chi connectivity index (χ4n) is 1.78. The number of benzene rings is 2. The van der Waals surface area contributed by atoms with Crippen LogP contribution in [0.5, 0.6) is 11.5 Å². The van der Waals surface area contributed by atoms with Crippen LogP contribution in [0.4, 0.5) is 4.39 Å². The summed E-state index contributed by atoms with van der Waals surface area (Å²) in [6.07, 6.45) is 0. The SMILES string of the molecule is CC(C)(C)NCc1cc(F)ccc1Oc1ccc(Cl)cc1. The normalized spacial score (nSPS) is 11.5. The maximum atomic E-state index is 13.5. The minimum atomic E-state index is -0.274. The molecule has 0 aliphatic carbocycles. The Labute approximate surface area is 129 Å². The zero-order valence-corrected chi connectivity index (χ0v) is 13.2. The number of rotatable bonds is 4. The standard InChI is InChI=1S/C17H19ClFNO/c1-17(2,3)20-11-12-10-14(19)6-9-16(12)21-15-7-4-13(18)5-8-15/h4-10,20H,11H2,1-3H3. The van der Waals surface area contributed by atoms with Crippen LogP contribution < -0.4 is 10.1 Å². The van der Waals surface area contributed by atoms with Crippen molar-refractivity contribution in [3.63, 3.8) is 0 Å². The van der Waals surface area contributed by atoms with Crippen LogP contribution in [0.2, 0.25) is 5.02 Å². The van der Waals surface area contributed by atoms with Gasteiger partial charge in [-0.2, -0.15) is 0 Å². The summed E-state index contributed by atoms with van der Waals surface area (Å²) in [4.78, 5) is 0. The largest absolute Gasteiger partial charge is 0.457 e. The molecule has 0 saturated carbocycles. The highest BCUT2D eigenvalue weighted by molar-refractivity contribution is 6.30. The third-order valence-corrected chi connectivity index (χ3v) is 3.13. The van der Waals surface area contributed by atoms with Gasteiger partial charge in [-0.05, 0) is 63.2 Å². The molecular weight excluding hydrogens is 289 g/mol. The Bertz CT molecular complexity index is 605. The highest BCUT2D eigenvalue weighted by atomic mass is 35.5. The number of hydrogen-bond donors (Lipinski definition) is 1.